The lowest BCUT2D eigenvalue weighted by Gasteiger charge is -2.30. The van der Waals surface area contributed by atoms with Crippen LogP contribution in [0.25, 0.3) is 0 Å². The molecule has 0 aromatic heterocycles. The first-order chi connectivity index (χ1) is 8.99. The van der Waals surface area contributed by atoms with Crippen molar-refractivity contribution in [2.45, 2.75) is 31.8 Å². The molecular weight excluding hydrogens is 354 g/mol. The zero-order valence-electron chi connectivity index (χ0n) is 10.9. The van der Waals surface area contributed by atoms with E-state index in [9.17, 15) is 13.6 Å². The third-order valence-electron chi connectivity index (χ3n) is 3.33. The van der Waals surface area contributed by atoms with Gasteiger partial charge in [-0.05, 0) is 54.4 Å². The van der Waals surface area contributed by atoms with E-state index in [1.165, 1.54) is 0 Å². The van der Waals surface area contributed by atoms with E-state index in [2.05, 4.69) is 26.6 Å². The van der Waals surface area contributed by atoms with E-state index in [0.717, 1.165) is 31.5 Å². The summed E-state index contributed by atoms with van der Waals surface area (Å²) in [6.45, 7) is 2.92. The van der Waals surface area contributed by atoms with Crippen LogP contribution in [0.2, 0.25) is 0 Å². The highest BCUT2D eigenvalue weighted by molar-refractivity contribution is 9.10. The number of benzene rings is 1. The molecule has 7 heteroatoms. The minimum atomic E-state index is -1.02. The summed E-state index contributed by atoms with van der Waals surface area (Å²) in [5.41, 5.74) is 0.108. The molecule has 20 heavy (non-hydrogen) atoms. The topological polar surface area (TPSA) is 41.1 Å². The molecule has 2 N–H and O–H groups in total. The minimum Gasteiger partial charge on any atom is -0.348 e. The summed E-state index contributed by atoms with van der Waals surface area (Å²) in [5, 5.41) is 6.12. The zero-order valence-corrected chi connectivity index (χ0v) is 13.3. The highest BCUT2D eigenvalue weighted by atomic mass is 79.9. The van der Waals surface area contributed by atoms with Crippen LogP contribution in [-0.2, 0) is 0 Å². The Balaban J connectivity index is 0.00000200. The van der Waals surface area contributed by atoms with Crippen molar-refractivity contribution in [3.63, 3.8) is 0 Å². The number of amides is 1. The van der Waals surface area contributed by atoms with Gasteiger partial charge in [-0.3, -0.25) is 4.79 Å². The van der Waals surface area contributed by atoms with Gasteiger partial charge in [0.1, 0.15) is 0 Å². The smallest absolute Gasteiger partial charge is 0.252 e. The number of nitrogens with one attached hydrogen (secondary N) is 2. The summed E-state index contributed by atoms with van der Waals surface area (Å²) in [7, 11) is 0. The molecular formula is C13H16BrClF2N2O. The Morgan fingerprint density at radius 3 is 2.70 bits per heavy atom. The molecule has 1 aromatic carbocycles. The average Bonchev–Trinajstić information content (AvgIpc) is 2.36. The summed E-state index contributed by atoms with van der Waals surface area (Å²) >= 11 is 3.08. The SMILES string of the molecule is CC1NCCCC1NC(=O)c1cc(F)c(F)cc1Br.Cl. The van der Waals surface area contributed by atoms with Gasteiger partial charge in [0.15, 0.2) is 11.6 Å². The van der Waals surface area contributed by atoms with Crippen molar-refractivity contribution in [1.29, 1.82) is 0 Å². The molecule has 1 amide bonds. The second-order valence-corrected chi connectivity index (χ2v) is 5.57. The van der Waals surface area contributed by atoms with Gasteiger partial charge in [-0.25, -0.2) is 8.78 Å². The fourth-order valence-electron chi connectivity index (χ4n) is 2.18. The summed E-state index contributed by atoms with van der Waals surface area (Å²) in [6, 6.07) is 2.05. The molecule has 0 bridgehead atoms. The maximum absolute atomic E-state index is 13.2. The van der Waals surface area contributed by atoms with Crippen molar-refractivity contribution in [1.82, 2.24) is 10.6 Å². The molecule has 0 radical (unpaired) electrons. The van der Waals surface area contributed by atoms with Gasteiger partial charge in [0.2, 0.25) is 0 Å². The predicted octanol–water partition coefficient (Wildman–Crippen LogP) is 3.02. The Labute approximate surface area is 131 Å². The van der Waals surface area contributed by atoms with Crippen LogP contribution in [0, 0.1) is 11.6 Å². The van der Waals surface area contributed by atoms with E-state index in [1.807, 2.05) is 6.92 Å². The van der Waals surface area contributed by atoms with Gasteiger partial charge in [-0.15, -0.1) is 12.4 Å². The maximum atomic E-state index is 13.2. The molecule has 3 nitrogen and oxygen atoms in total. The van der Waals surface area contributed by atoms with E-state index in [0.29, 0.717) is 0 Å². The number of piperidine rings is 1. The Kier molecular flexibility index (Phi) is 6.36. The molecule has 0 spiro atoms. The lowest BCUT2D eigenvalue weighted by atomic mass is 9.99. The number of hydrogen-bond donors (Lipinski definition) is 2. The van der Waals surface area contributed by atoms with Crippen LogP contribution < -0.4 is 10.6 Å². The molecule has 1 saturated heterocycles. The van der Waals surface area contributed by atoms with Gasteiger partial charge < -0.3 is 10.6 Å². The third kappa shape index (κ3) is 3.90. The Morgan fingerprint density at radius 2 is 2.05 bits per heavy atom. The van der Waals surface area contributed by atoms with Crippen LogP contribution in [0.1, 0.15) is 30.1 Å². The van der Waals surface area contributed by atoms with E-state index < -0.39 is 17.5 Å². The van der Waals surface area contributed by atoms with Crippen LogP contribution in [0.3, 0.4) is 0 Å². The third-order valence-corrected chi connectivity index (χ3v) is 3.99. The summed E-state index contributed by atoms with van der Waals surface area (Å²) in [4.78, 5) is 12.1. The zero-order chi connectivity index (χ0) is 14.0. The largest absolute Gasteiger partial charge is 0.348 e. The molecule has 2 atom stereocenters. The minimum absolute atomic E-state index is 0. The monoisotopic (exact) mass is 368 g/mol. The predicted molar refractivity (Wildman–Crippen MR) is 79.3 cm³/mol. The average molecular weight is 370 g/mol. The molecule has 2 rings (SSSR count). The molecule has 1 heterocycles. The first-order valence-electron chi connectivity index (χ1n) is 6.18. The fourth-order valence-corrected chi connectivity index (χ4v) is 2.68. The Bertz CT molecular complexity index is 502. The molecule has 1 aliphatic rings. The normalized spacial score (nSPS) is 22.0. The first kappa shape index (κ1) is 17.3. The van der Waals surface area contributed by atoms with Crippen molar-refractivity contribution in [3.05, 3.63) is 33.8 Å². The van der Waals surface area contributed by atoms with Gasteiger partial charge in [0.05, 0.1) is 5.56 Å². The van der Waals surface area contributed by atoms with Crippen LogP contribution in [-0.4, -0.2) is 24.5 Å². The van der Waals surface area contributed by atoms with Crippen LogP contribution in [0.5, 0.6) is 0 Å². The van der Waals surface area contributed by atoms with Gasteiger partial charge in [-0.2, -0.15) is 0 Å². The van der Waals surface area contributed by atoms with Crippen LogP contribution >= 0.6 is 28.3 Å². The van der Waals surface area contributed by atoms with Crippen LogP contribution in [0.15, 0.2) is 16.6 Å². The molecule has 1 aliphatic heterocycles. The summed E-state index contributed by atoms with van der Waals surface area (Å²) in [6.07, 6.45) is 1.86. The summed E-state index contributed by atoms with van der Waals surface area (Å²) < 4.78 is 26.4. The quantitative estimate of drug-likeness (QED) is 0.787. The number of carbonyl (C=O) groups excluding carboxylic acids is 1. The van der Waals surface area contributed by atoms with E-state index in [4.69, 9.17) is 0 Å². The number of hydrogen-bond acceptors (Lipinski definition) is 2. The standard InChI is InChI=1S/C13H15BrF2N2O.ClH/c1-7-12(3-2-4-17-7)18-13(19)8-5-10(15)11(16)6-9(8)14;/h5-7,12,17H,2-4H2,1H3,(H,18,19);1H. The van der Waals surface area contributed by atoms with Crippen molar-refractivity contribution >= 4 is 34.2 Å². The van der Waals surface area contributed by atoms with E-state index in [1.54, 1.807) is 0 Å². The molecule has 2 unspecified atom stereocenters. The van der Waals surface area contributed by atoms with Crippen molar-refractivity contribution in [3.8, 4) is 0 Å². The molecule has 112 valence electrons. The highest BCUT2D eigenvalue weighted by Crippen LogP contribution is 2.21. The second-order valence-electron chi connectivity index (χ2n) is 4.71. The van der Waals surface area contributed by atoms with Gasteiger partial charge in [-0.1, -0.05) is 0 Å². The lowest BCUT2D eigenvalue weighted by molar-refractivity contribution is 0.0918. The second kappa shape index (κ2) is 7.33. The molecule has 1 aromatic rings. The van der Waals surface area contributed by atoms with E-state index >= 15 is 0 Å². The Morgan fingerprint density at radius 1 is 1.40 bits per heavy atom. The molecule has 0 aliphatic carbocycles. The van der Waals surface area contributed by atoms with E-state index in [-0.39, 0.29) is 34.5 Å². The maximum Gasteiger partial charge on any atom is 0.252 e. The van der Waals surface area contributed by atoms with Crippen LogP contribution in [0.4, 0.5) is 8.78 Å². The summed E-state index contributed by atoms with van der Waals surface area (Å²) in [5.74, 6) is -2.40. The van der Waals surface area contributed by atoms with Gasteiger partial charge in [0.25, 0.3) is 5.91 Å². The number of halogens is 4. The van der Waals surface area contributed by atoms with Crippen molar-refractivity contribution in [2.24, 2.45) is 0 Å². The lowest BCUT2D eigenvalue weighted by Crippen LogP contribution is -2.51. The highest BCUT2D eigenvalue weighted by Gasteiger charge is 2.24. The molecule has 0 saturated carbocycles. The number of rotatable bonds is 2. The fraction of sp³-hybridized carbons (Fsp3) is 0.462. The van der Waals surface area contributed by atoms with Gasteiger partial charge in [0, 0.05) is 16.6 Å². The van der Waals surface area contributed by atoms with Crippen molar-refractivity contribution in [2.75, 3.05) is 6.54 Å². The van der Waals surface area contributed by atoms with Crippen molar-refractivity contribution < 1.29 is 13.6 Å². The van der Waals surface area contributed by atoms with Gasteiger partial charge >= 0.3 is 0 Å². The Hall–Kier alpha value is -0.720. The first-order valence-corrected chi connectivity index (χ1v) is 6.97. The molecule has 1 fully saturated rings. The number of carbonyl (C=O) groups is 1.